The zero-order valence-corrected chi connectivity index (χ0v) is 13.0. The molecular formula is C13H8Br2ClFO. The third-order valence-corrected chi connectivity index (χ3v) is 3.81. The monoisotopic (exact) mass is 392 g/mol. The molecule has 5 heteroatoms. The van der Waals surface area contributed by atoms with Crippen molar-refractivity contribution in [2.45, 2.75) is 5.88 Å². The number of hydrogen-bond acceptors (Lipinski definition) is 1. The molecule has 2 aromatic carbocycles. The molecule has 0 aliphatic carbocycles. The van der Waals surface area contributed by atoms with Crippen LogP contribution in [0.5, 0.6) is 11.5 Å². The highest BCUT2D eigenvalue weighted by Crippen LogP contribution is 2.30. The Kier molecular flexibility index (Phi) is 4.65. The zero-order valence-electron chi connectivity index (χ0n) is 9.09. The van der Waals surface area contributed by atoms with E-state index in [-0.39, 0.29) is 5.75 Å². The molecule has 2 aromatic rings. The Balaban J connectivity index is 2.26. The van der Waals surface area contributed by atoms with Crippen LogP contribution < -0.4 is 4.74 Å². The van der Waals surface area contributed by atoms with E-state index in [9.17, 15) is 4.39 Å². The van der Waals surface area contributed by atoms with E-state index in [1.165, 1.54) is 6.07 Å². The smallest absolute Gasteiger partial charge is 0.166 e. The first-order valence-electron chi connectivity index (χ1n) is 5.07. The third-order valence-electron chi connectivity index (χ3n) is 2.29. The second kappa shape index (κ2) is 6.04. The molecule has 0 aromatic heterocycles. The van der Waals surface area contributed by atoms with Gasteiger partial charge in [-0.15, -0.1) is 11.6 Å². The first-order chi connectivity index (χ1) is 8.60. The van der Waals surface area contributed by atoms with Crippen LogP contribution in [0.4, 0.5) is 4.39 Å². The highest BCUT2D eigenvalue weighted by Gasteiger charge is 2.07. The standard InChI is InChI=1S/C13H8Br2ClFO/c14-9-2-4-13(12(17)5-9)18-10-3-1-8(7-16)11(15)6-10/h1-6H,7H2. The molecule has 0 aliphatic rings. The molecule has 0 radical (unpaired) electrons. The van der Waals surface area contributed by atoms with Gasteiger partial charge in [0.15, 0.2) is 11.6 Å². The Morgan fingerprint density at radius 3 is 2.50 bits per heavy atom. The molecule has 1 nitrogen and oxygen atoms in total. The molecule has 0 N–H and O–H groups in total. The first-order valence-corrected chi connectivity index (χ1v) is 7.19. The SMILES string of the molecule is Fc1cc(Br)ccc1Oc1ccc(CCl)c(Br)c1. The van der Waals surface area contributed by atoms with Gasteiger partial charge in [0.1, 0.15) is 5.75 Å². The molecule has 0 bridgehead atoms. The van der Waals surface area contributed by atoms with E-state index in [4.69, 9.17) is 16.3 Å². The van der Waals surface area contributed by atoms with Crippen LogP contribution in [0.25, 0.3) is 0 Å². The van der Waals surface area contributed by atoms with Crippen LogP contribution in [0.15, 0.2) is 45.3 Å². The van der Waals surface area contributed by atoms with Crippen LogP contribution in [0.2, 0.25) is 0 Å². The Bertz CT molecular complexity index is 575. The molecule has 0 unspecified atom stereocenters. The van der Waals surface area contributed by atoms with E-state index in [0.29, 0.717) is 16.1 Å². The molecule has 0 atom stereocenters. The maximum Gasteiger partial charge on any atom is 0.166 e. The van der Waals surface area contributed by atoms with Crippen molar-refractivity contribution >= 4 is 43.5 Å². The second-order valence-electron chi connectivity index (χ2n) is 3.56. The Morgan fingerprint density at radius 2 is 1.89 bits per heavy atom. The van der Waals surface area contributed by atoms with Crippen molar-refractivity contribution in [3.05, 3.63) is 56.7 Å². The van der Waals surface area contributed by atoms with Crippen molar-refractivity contribution in [1.82, 2.24) is 0 Å². The van der Waals surface area contributed by atoms with Gasteiger partial charge in [0.2, 0.25) is 0 Å². The van der Waals surface area contributed by atoms with Crippen molar-refractivity contribution in [3.8, 4) is 11.5 Å². The van der Waals surface area contributed by atoms with Gasteiger partial charge in [0.05, 0.1) is 0 Å². The van der Waals surface area contributed by atoms with Crippen molar-refractivity contribution in [1.29, 1.82) is 0 Å². The number of alkyl halides is 1. The summed E-state index contributed by atoms with van der Waals surface area (Å²) in [5.74, 6) is 0.732. The minimum atomic E-state index is -0.415. The van der Waals surface area contributed by atoms with Gasteiger partial charge >= 0.3 is 0 Å². The minimum absolute atomic E-state index is 0.184. The highest BCUT2D eigenvalue weighted by molar-refractivity contribution is 9.10. The molecule has 0 amide bonds. The van der Waals surface area contributed by atoms with Gasteiger partial charge in [-0.3, -0.25) is 0 Å². The molecule has 18 heavy (non-hydrogen) atoms. The summed E-state index contributed by atoms with van der Waals surface area (Å²) in [7, 11) is 0. The van der Waals surface area contributed by atoms with E-state index in [1.807, 2.05) is 6.07 Å². The van der Waals surface area contributed by atoms with Crippen LogP contribution in [0.3, 0.4) is 0 Å². The lowest BCUT2D eigenvalue weighted by Crippen LogP contribution is -1.89. The number of hydrogen-bond donors (Lipinski definition) is 0. The van der Waals surface area contributed by atoms with Gasteiger partial charge in [-0.05, 0) is 35.9 Å². The quantitative estimate of drug-likeness (QED) is 0.591. The summed E-state index contributed by atoms with van der Waals surface area (Å²) in [5, 5.41) is 0. The van der Waals surface area contributed by atoms with E-state index in [1.54, 1.807) is 24.3 Å². The molecule has 0 fully saturated rings. The molecule has 2 rings (SSSR count). The fourth-order valence-electron chi connectivity index (χ4n) is 1.38. The lowest BCUT2D eigenvalue weighted by molar-refractivity contribution is 0.441. The summed E-state index contributed by atoms with van der Waals surface area (Å²) in [6.45, 7) is 0. The second-order valence-corrected chi connectivity index (χ2v) is 5.60. The predicted octanol–water partition coefficient (Wildman–Crippen LogP) is 5.88. The summed E-state index contributed by atoms with van der Waals surface area (Å²) >= 11 is 12.3. The number of halogens is 4. The van der Waals surface area contributed by atoms with Crippen molar-refractivity contribution < 1.29 is 9.13 Å². The topological polar surface area (TPSA) is 9.23 Å². The van der Waals surface area contributed by atoms with Gasteiger partial charge in [-0.25, -0.2) is 4.39 Å². The van der Waals surface area contributed by atoms with Crippen LogP contribution in [0.1, 0.15) is 5.56 Å². The van der Waals surface area contributed by atoms with Gasteiger partial charge in [0.25, 0.3) is 0 Å². The van der Waals surface area contributed by atoms with E-state index in [2.05, 4.69) is 31.9 Å². The summed E-state index contributed by atoms with van der Waals surface area (Å²) in [6, 6.07) is 10.0. The van der Waals surface area contributed by atoms with Crippen LogP contribution in [-0.2, 0) is 5.88 Å². The largest absolute Gasteiger partial charge is 0.454 e. The molecule has 0 heterocycles. The number of benzene rings is 2. The Hall–Kier alpha value is -0.580. The van der Waals surface area contributed by atoms with Gasteiger partial charge in [-0.1, -0.05) is 37.9 Å². The Labute approximate surface area is 126 Å². The average Bonchev–Trinajstić information content (AvgIpc) is 2.33. The van der Waals surface area contributed by atoms with Crippen molar-refractivity contribution in [3.63, 3.8) is 0 Å². The molecule has 0 saturated heterocycles. The lowest BCUT2D eigenvalue weighted by Gasteiger charge is -2.08. The van der Waals surface area contributed by atoms with E-state index in [0.717, 1.165) is 10.0 Å². The van der Waals surface area contributed by atoms with Crippen molar-refractivity contribution in [2.75, 3.05) is 0 Å². The third kappa shape index (κ3) is 3.25. The first kappa shape index (κ1) is 13.8. The molecule has 94 valence electrons. The van der Waals surface area contributed by atoms with Crippen LogP contribution >= 0.6 is 43.5 Å². The summed E-state index contributed by atoms with van der Waals surface area (Å²) in [6.07, 6.45) is 0. The summed E-state index contributed by atoms with van der Waals surface area (Å²) in [4.78, 5) is 0. The van der Waals surface area contributed by atoms with Gasteiger partial charge in [-0.2, -0.15) is 0 Å². The van der Waals surface area contributed by atoms with Gasteiger partial charge in [0, 0.05) is 14.8 Å². The fourth-order valence-corrected chi connectivity index (χ4v) is 2.61. The maximum absolute atomic E-state index is 13.6. The van der Waals surface area contributed by atoms with E-state index < -0.39 is 5.82 Å². The summed E-state index contributed by atoms with van der Waals surface area (Å²) in [5.41, 5.74) is 0.959. The van der Waals surface area contributed by atoms with E-state index >= 15 is 0 Å². The Morgan fingerprint density at radius 1 is 1.11 bits per heavy atom. The average molecular weight is 394 g/mol. The predicted molar refractivity (Wildman–Crippen MR) is 77.9 cm³/mol. The maximum atomic E-state index is 13.6. The normalized spacial score (nSPS) is 10.4. The van der Waals surface area contributed by atoms with Crippen LogP contribution in [-0.4, -0.2) is 0 Å². The number of ether oxygens (including phenoxy) is 1. The lowest BCUT2D eigenvalue weighted by atomic mass is 10.2. The van der Waals surface area contributed by atoms with Crippen molar-refractivity contribution in [2.24, 2.45) is 0 Å². The van der Waals surface area contributed by atoms with Crippen LogP contribution in [0, 0.1) is 5.82 Å². The van der Waals surface area contributed by atoms with Gasteiger partial charge < -0.3 is 4.74 Å². The molecule has 0 saturated carbocycles. The summed E-state index contributed by atoms with van der Waals surface area (Å²) < 4.78 is 20.6. The molecule has 0 aliphatic heterocycles. The molecular weight excluding hydrogens is 386 g/mol. The fraction of sp³-hybridized carbons (Fsp3) is 0.0769. The zero-order chi connectivity index (χ0) is 13.1. The number of rotatable bonds is 3. The molecule has 0 spiro atoms. The highest BCUT2D eigenvalue weighted by atomic mass is 79.9. The minimum Gasteiger partial charge on any atom is -0.454 e.